The Kier molecular flexibility index (Phi) is 2.78. The van der Waals surface area contributed by atoms with Crippen LogP contribution in [0.5, 0.6) is 0 Å². The number of hydrogen-bond acceptors (Lipinski definition) is 3. The van der Waals surface area contributed by atoms with Gasteiger partial charge < -0.3 is 15.5 Å². The van der Waals surface area contributed by atoms with Gasteiger partial charge in [-0.25, -0.2) is 0 Å². The molecule has 1 fully saturated rings. The van der Waals surface area contributed by atoms with Gasteiger partial charge in [0.1, 0.15) is 11.8 Å². The summed E-state index contributed by atoms with van der Waals surface area (Å²) in [6.07, 6.45) is 4.01. The fraction of sp³-hybridized carbons (Fsp3) is 0.357. The minimum Gasteiger partial charge on any atom is -0.316 e. The van der Waals surface area contributed by atoms with Crippen LogP contribution in [0.25, 0.3) is 5.52 Å². The van der Waals surface area contributed by atoms with Gasteiger partial charge in [0.2, 0.25) is 0 Å². The van der Waals surface area contributed by atoms with Crippen molar-refractivity contribution >= 4 is 5.52 Å². The molecule has 0 radical (unpaired) electrons. The number of nitrogens with zero attached hydrogens (tertiary/aromatic N) is 2. The second-order valence-corrected chi connectivity index (χ2v) is 4.83. The summed E-state index contributed by atoms with van der Waals surface area (Å²) in [5.41, 5.74) is 9.05. The first-order valence-electron chi connectivity index (χ1n) is 6.28. The molecule has 1 aliphatic heterocycles. The van der Waals surface area contributed by atoms with E-state index < -0.39 is 0 Å². The average molecular weight is 240 g/mol. The highest BCUT2D eigenvalue weighted by Crippen LogP contribution is 2.31. The van der Waals surface area contributed by atoms with Gasteiger partial charge in [0.15, 0.2) is 0 Å². The van der Waals surface area contributed by atoms with Crippen LogP contribution in [0.15, 0.2) is 30.5 Å². The van der Waals surface area contributed by atoms with Gasteiger partial charge in [-0.3, -0.25) is 0 Å². The molecule has 92 valence electrons. The third-order valence-electron chi connectivity index (χ3n) is 3.70. The van der Waals surface area contributed by atoms with E-state index in [9.17, 15) is 5.26 Å². The van der Waals surface area contributed by atoms with Crippen LogP contribution in [0.4, 0.5) is 0 Å². The van der Waals surface area contributed by atoms with Gasteiger partial charge >= 0.3 is 0 Å². The summed E-state index contributed by atoms with van der Waals surface area (Å²) < 4.78 is 1.96. The Hall–Kier alpha value is -1.83. The quantitative estimate of drug-likeness (QED) is 0.795. The molecule has 4 nitrogen and oxygen atoms in total. The fourth-order valence-electron chi connectivity index (χ4n) is 2.83. The van der Waals surface area contributed by atoms with Gasteiger partial charge in [0.05, 0.1) is 6.17 Å². The maximum Gasteiger partial charge on any atom is 0.125 e. The SMILES string of the molecule is N#Cc1cc(C2CCNC(N)C2)c2ccccn12. The number of pyridine rings is 1. The summed E-state index contributed by atoms with van der Waals surface area (Å²) in [6.45, 7) is 0.942. The molecule has 2 unspecified atom stereocenters. The molecule has 0 aliphatic carbocycles. The van der Waals surface area contributed by atoms with Crippen LogP contribution in [-0.2, 0) is 0 Å². The molecule has 4 heteroatoms. The normalized spacial score (nSPS) is 24.0. The predicted molar refractivity (Wildman–Crippen MR) is 70.1 cm³/mol. The number of rotatable bonds is 1. The molecule has 2 aromatic heterocycles. The summed E-state index contributed by atoms with van der Waals surface area (Å²) in [5.74, 6) is 0.445. The number of nitriles is 1. The molecule has 18 heavy (non-hydrogen) atoms. The molecule has 2 atom stereocenters. The number of nitrogens with two attached hydrogens (primary N) is 1. The van der Waals surface area contributed by atoms with Crippen LogP contribution in [-0.4, -0.2) is 17.1 Å². The zero-order valence-electron chi connectivity index (χ0n) is 10.1. The number of hydrogen-bond donors (Lipinski definition) is 2. The topological polar surface area (TPSA) is 66.2 Å². The molecule has 0 bridgehead atoms. The highest BCUT2D eigenvalue weighted by molar-refractivity contribution is 5.61. The average Bonchev–Trinajstić information content (AvgIpc) is 2.77. The zero-order valence-corrected chi connectivity index (χ0v) is 10.1. The fourth-order valence-corrected chi connectivity index (χ4v) is 2.83. The van der Waals surface area contributed by atoms with Crippen LogP contribution in [0.3, 0.4) is 0 Å². The van der Waals surface area contributed by atoms with Gasteiger partial charge in [-0.2, -0.15) is 5.26 Å². The van der Waals surface area contributed by atoms with Crippen molar-refractivity contribution < 1.29 is 0 Å². The first-order chi connectivity index (χ1) is 8.79. The predicted octanol–water partition coefficient (Wildman–Crippen LogP) is 1.56. The summed E-state index contributed by atoms with van der Waals surface area (Å²) in [5, 5.41) is 12.4. The third kappa shape index (κ3) is 1.78. The van der Waals surface area contributed by atoms with Crippen molar-refractivity contribution in [1.82, 2.24) is 9.72 Å². The molecule has 0 amide bonds. The molecule has 0 spiro atoms. The van der Waals surface area contributed by atoms with Crippen LogP contribution < -0.4 is 11.1 Å². The lowest BCUT2D eigenvalue weighted by Crippen LogP contribution is -2.43. The molecule has 3 N–H and O–H groups in total. The standard InChI is InChI=1S/C14H16N4/c15-9-11-8-12(10-4-5-17-14(16)7-10)13-3-1-2-6-18(11)13/h1-3,6,8,10,14,17H,4-5,7,16H2. The molecule has 3 heterocycles. The summed E-state index contributed by atoms with van der Waals surface area (Å²) in [6, 6.07) is 10.3. The van der Waals surface area contributed by atoms with E-state index in [4.69, 9.17) is 5.73 Å². The number of aromatic nitrogens is 1. The van der Waals surface area contributed by atoms with E-state index in [0.717, 1.165) is 24.9 Å². The van der Waals surface area contributed by atoms with E-state index in [-0.39, 0.29) is 6.17 Å². The van der Waals surface area contributed by atoms with Crippen molar-refractivity contribution in [2.75, 3.05) is 6.54 Å². The molecule has 1 aliphatic rings. The Morgan fingerprint density at radius 2 is 2.33 bits per heavy atom. The van der Waals surface area contributed by atoms with Gasteiger partial charge in [0.25, 0.3) is 0 Å². The summed E-state index contributed by atoms with van der Waals surface area (Å²) >= 11 is 0. The van der Waals surface area contributed by atoms with E-state index in [1.165, 1.54) is 5.56 Å². The Morgan fingerprint density at radius 3 is 3.11 bits per heavy atom. The van der Waals surface area contributed by atoms with Crippen LogP contribution in [0.2, 0.25) is 0 Å². The molecular weight excluding hydrogens is 224 g/mol. The maximum absolute atomic E-state index is 9.19. The van der Waals surface area contributed by atoms with E-state index >= 15 is 0 Å². The molecule has 0 saturated carbocycles. The largest absolute Gasteiger partial charge is 0.316 e. The summed E-state index contributed by atoms with van der Waals surface area (Å²) in [4.78, 5) is 0. The lowest BCUT2D eigenvalue weighted by atomic mass is 9.89. The van der Waals surface area contributed by atoms with Crippen LogP contribution >= 0.6 is 0 Å². The van der Waals surface area contributed by atoms with Gasteiger partial charge in [-0.15, -0.1) is 0 Å². The van der Waals surface area contributed by atoms with Crippen LogP contribution in [0, 0.1) is 11.3 Å². The Bertz CT molecular complexity index is 608. The van der Waals surface area contributed by atoms with E-state index in [1.807, 2.05) is 28.8 Å². The van der Waals surface area contributed by atoms with Crippen molar-refractivity contribution in [2.45, 2.75) is 24.9 Å². The Labute approximate surface area is 106 Å². The first-order valence-corrected chi connectivity index (χ1v) is 6.28. The van der Waals surface area contributed by atoms with Crippen molar-refractivity contribution in [2.24, 2.45) is 5.73 Å². The van der Waals surface area contributed by atoms with E-state index in [2.05, 4.69) is 17.5 Å². The van der Waals surface area contributed by atoms with Crippen molar-refractivity contribution in [3.05, 3.63) is 41.7 Å². The van der Waals surface area contributed by atoms with Crippen molar-refractivity contribution in [3.8, 4) is 6.07 Å². The van der Waals surface area contributed by atoms with Crippen LogP contribution in [0.1, 0.15) is 30.0 Å². The number of piperidine rings is 1. The minimum atomic E-state index is 0.0629. The number of fused-ring (bicyclic) bond motifs is 1. The highest BCUT2D eigenvalue weighted by atomic mass is 15.0. The van der Waals surface area contributed by atoms with E-state index in [0.29, 0.717) is 11.6 Å². The van der Waals surface area contributed by atoms with E-state index in [1.54, 1.807) is 0 Å². The van der Waals surface area contributed by atoms with Gasteiger partial charge in [-0.05, 0) is 49.1 Å². The lowest BCUT2D eigenvalue weighted by Gasteiger charge is -2.27. The second-order valence-electron chi connectivity index (χ2n) is 4.83. The highest BCUT2D eigenvalue weighted by Gasteiger charge is 2.23. The Morgan fingerprint density at radius 1 is 1.44 bits per heavy atom. The second kappa shape index (κ2) is 4.45. The summed E-state index contributed by atoms with van der Waals surface area (Å²) in [7, 11) is 0. The van der Waals surface area contributed by atoms with Crippen molar-refractivity contribution in [3.63, 3.8) is 0 Å². The lowest BCUT2D eigenvalue weighted by molar-refractivity contribution is 0.371. The van der Waals surface area contributed by atoms with Gasteiger partial charge in [0, 0.05) is 11.7 Å². The molecule has 2 aromatic rings. The van der Waals surface area contributed by atoms with Crippen molar-refractivity contribution in [1.29, 1.82) is 5.26 Å². The molecular formula is C14H16N4. The third-order valence-corrected chi connectivity index (χ3v) is 3.70. The number of nitrogens with one attached hydrogen (secondary N) is 1. The minimum absolute atomic E-state index is 0.0629. The maximum atomic E-state index is 9.19. The smallest absolute Gasteiger partial charge is 0.125 e. The first kappa shape index (κ1) is 11.3. The molecule has 1 saturated heterocycles. The zero-order chi connectivity index (χ0) is 12.5. The monoisotopic (exact) mass is 240 g/mol. The molecule has 0 aromatic carbocycles. The van der Waals surface area contributed by atoms with Gasteiger partial charge in [-0.1, -0.05) is 6.07 Å². The molecule has 3 rings (SSSR count). The Balaban J connectivity index is 2.09.